The van der Waals surface area contributed by atoms with Gasteiger partial charge in [-0.25, -0.2) is 4.98 Å². The molecule has 0 spiro atoms. The normalized spacial score (nSPS) is 11.8. The predicted octanol–water partition coefficient (Wildman–Crippen LogP) is 3.79. The lowest BCUT2D eigenvalue weighted by Gasteiger charge is -2.22. The summed E-state index contributed by atoms with van der Waals surface area (Å²) in [4.78, 5) is 4.38. The zero-order chi connectivity index (χ0) is 12.6. The van der Waals surface area contributed by atoms with Crippen LogP contribution in [0.3, 0.4) is 0 Å². The Kier molecular flexibility index (Phi) is 3.00. The highest BCUT2D eigenvalue weighted by Gasteiger charge is 2.13. The van der Waals surface area contributed by atoms with Crippen LogP contribution in [-0.4, -0.2) is 10.5 Å². The molecule has 2 rings (SSSR count). The summed E-state index contributed by atoms with van der Waals surface area (Å²) in [6, 6.07) is 5.91. The molecule has 2 aromatic rings. The topological polar surface area (TPSA) is 50.9 Å². The number of benzene rings is 1. The Morgan fingerprint density at radius 3 is 2.53 bits per heavy atom. The van der Waals surface area contributed by atoms with E-state index in [1.165, 1.54) is 0 Å². The number of nitrogen functional groups attached to an aromatic ring is 1. The average Bonchev–Trinajstić information content (AvgIpc) is 2.22. The number of hydrogen-bond donors (Lipinski definition) is 2. The summed E-state index contributed by atoms with van der Waals surface area (Å²) in [6.45, 7) is 6.32. The fraction of sp³-hybridized carbons (Fsp3) is 0.308. The number of nitrogens with zero attached hydrogens (tertiary/aromatic N) is 1. The van der Waals surface area contributed by atoms with E-state index >= 15 is 0 Å². The largest absolute Gasteiger partial charge is 0.397 e. The number of fused-ring (bicyclic) bond motifs is 1. The van der Waals surface area contributed by atoms with Crippen LogP contribution in [0.15, 0.2) is 28.9 Å². The standard InChI is InChI=1S/C13H16BrN3/c1-13(2,3)17-12-9-4-5-10(14)11(15)8(9)6-7-16-12/h4-7H,15H2,1-3H3,(H,16,17). The number of hydrogen-bond acceptors (Lipinski definition) is 3. The van der Waals surface area contributed by atoms with E-state index in [-0.39, 0.29) is 5.54 Å². The molecule has 0 fully saturated rings. The molecule has 17 heavy (non-hydrogen) atoms. The van der Waals surface area contributed by atoms with Crippen LogP contribution in [-0.2, 0) is 0 Å². The third-order valence-corrected chi connectivity index (χ3v) is 3.12. The van der Waals surface area contributed by atoms with Gasteiger partial charge in [0.05, 0.1) is 5.69 Å². The maximum atomic E-state index is 6.05. The molecule has 0 bridgehead atoms. The van der Waals surface area contributed by atoms with Crippen molar-refractivity contribution in [1.29, 1.82) is 0 Å². The van der Waals surface area contributed by atoms with Gasteiger partial charge < -0.3 is 11.1 Å². The van der Waals surface area contributed by atoms with E-state index in [9.17, 15) is 0 Å². The monoisotopic (exact) mass is 293 g/mol. The molecule has 3 nitrogen and oxygen atoms in total. The first kappa shape index (κ1) is 12.2. The van der Waals surface area contributed by atoms with Gasteiger partial charge in [0.1, 0.15) is 5.82 Å². The molecular formula is C13H16BrN3. The Bertz CT molecular complexity index is 558. The third kappa shape index (κ3) is 2.52. The van der Waals surface area contributed by atoms with E-state index in [1.54, 1.807) is 6.20 Å². The molecule has 0 saturated carbocycles. The molecule has 0 unspecified atom stereocenters. The molecule has 0 amide bonds. The average molecular weight is 294 g/mol. The van der Waals surface area contributed by atoms with Crippen molar-refractivity contribution in [3.63, 3.8) is 0 Å². The van der Waals surface area contributed by atoms with Crippen molar-refractivity contribution in [3.05, 3.63) is 28.9 Å². The number of nitrogens with one attached hydrogen (secondary N) is 1. The minimum Gasteiger partial charge on any atom is -0.397 e. The van der Waals surface area contributed by atoms with E-state index in [2.05, 4.69) is 47.0 Å². The van der Waals surface area contributed by atoms with Crippen LogP contribution in [0.2, 0.25) is 0 Å². The maximum absolute atomic E-state index is 6.05. The van der Waals surface area contributed by atoms with Crippen LogP contribution >= 0.6 is 15.9 Å². The molecule has 3 N–H and O–H groups in total. The summed E-state index contributed by atoms with van der Waals surface area (Å²) in [5.74, 6) is 0.870. The van der Waals surface area contributed by atoms with Crippen molar-refractivity contribution >= 4 is 38.2 Å². The Balaban J connectivity index is 2.63. The van der Waals surface area contributed by atoms with Gasteiger partial charge in [0, 0.05) is 27.0 Å². The second kappa shape index (κ2) is 4.18. The highest BCUT2D eigenvalue weighted by molar-refractivity contribution is 9.10. The zero-order valence-corrected chi connectivity index (χ0v) is 11.8. The van der Waals surface area contributed by atoms with Gasteiger partial charge in [0.25, 0.3) is 0 Å². The van der Waals surface area contributed by atoms with Gasteiger partial charge in [-0.2, -0.15) is 0 Å². The second-order valence-electron chi connectivity index (χ2n) is 5.09. The Morgan fingerprint density at radius 2 is 1.88 bits per heavy atom. The van der Waals surface area contributed by atoms with Gasteiger partial charge in [-0.15, -0.1) is 0 Å². The molecule has 90 valence electrons. The van der Waals surface area contributed by atoms with Crippen LogP contribution in [0.5, 0.6) is 0 Å². The molecule has 0 aliphatic rings. The minimum atomic E-state index is -0.0247. The quantitative estimate of drug-likeness (QED) is 0.787. The van der Waals surface area contributed by atoms with Gasteiger partial charge >= 0.3 is 0 Å². The van der Waals surface area contributed by atoms with Crippen molar-refractivity contribution < 1.29 is 0 Å². The van der Waals surface area contributed by atoms with Crippen LogP contribution < -0.4 is 11.1 Å². The SMILES string of the molecule is CC(C)(C)Nc1nccc2c(N)c(Br)ccc12. The molecule has 0 atom stereocenters. The summed E-state index contributed by atoms with van der Waals surface area (Å²) >= 11 is 3.44. The molecule has 0 radical (unpaired) electrons. The molecule has 0 saturated heterocycles. The predicted molar refractivity (Wildman–Crippen MR) is 77.2 cm³/mol. The van der Waals surface area contributed by atoms with Crippen LogP contribution in [0.25, 0.3) is 10.8 Å². The van der Waals surface area contributed by atoms with Gasteiger partial charge in [0.2, 0.25) is 0 Å². The van der Waals surface area contributed by atoms with Crippen LogP contribution in [0.1, 0.15) is 20.8 Å². The van der Waals surface area contributed by atoms with Gasteiger partial charge in [-0.3, -0.25) is 0 Å². The number of pyridine rings is 1. The fourth-order valence-electron chi connectivity index (χ4n) is 1.71. The first-order valence-electron chi connectivity index (χ1n) is 5.49. The van der Waals surface area contributed by atoms with Crippen molar-refractivity contribution in [3.8, 4) is 0 Å². The number of nitrogens with two attached hydrogens (primary N) is 1. The van der Waals surface area contributed by atoms with Crippen LogP contribution in [0, 0.1) is 0 Å². The highest BCUT2D eigenvalue weighted by atomic mass is 79.9. The van der Waals surface area contributed by atoms with Crippen molar-refractivity contribution in [2.24, 2.45) is 0 Å². The van der Waals surface area contributed by atoms with E-state index < -0.39 is 0 Å². The lowest BCUT2D eigenvalue weighted by molar-refractivity contribution is 0.631. The first-order chi connectivity index (χ1) is 7.88. The Labute approximate surface area is 110 Å². The van der Waals surface area contributed by atoms with E-state index in [4.69, 9.17) is 5.73 Å². The molecule has 0 aliphatic carbocycles. The highest BCUT2D eigenvalue weighted by Crippen LogP contribution is 2.32. The molecule has 1 heterocycles. The van der Waals surface area contributed by atoms with Crippen molar-refractivity contribution in [2.75, 3.05) is 11.1 Å². The number of anilines is 2. The lowest BCUT2D eigenvalue weighted by Crippen LogP contribution is -2.26. The smallest absolute Gasteiger partial charge is 0.134 e. The summed E-state index contributed by atoms with van der Waals surface area (Å²) in [7, 11) is 0. The molecular weight excluding hydrogens is 278 g/mol. The summed E-state index contributed by atoms with van der Waals surface area (Å²) in [6.07, 6.45) is 1.78. The van der Waals surface area contributed by atoms with E-state index in [0.29, 0.717) is 0 Å². The van der Waals surface area contributed by atoms with Gasteiger partial charge in [0.15, 0.2) is 0 Å². The number of halogens is 1. The minimum absolute atomic E-state index is 0.0247. The van der Waals surface area contributed by atoms with Gasteiger partial charge in [-0.05, 0) is 54.9 Å². The van der Waals surface area contributed by atoms with E-state index in [1.807, 2.05) is 18.2 Å². The molecule has 1 aromatic heterocycles. The Hall–Kier alpha value is -1.29. The second-order valence-corrected chi connectivity index (χ2v) is 5.95. The van der Waals surface area contributed by atoms with E-state index in [0.717, 1.165) is 26.8 Å². The summed E-state index contributed by atoms with van der Waals surface area (Å²) in [5.41, 5.74) is 6.78. The van der Waals surface area contributed by atoms with Crippen molar-refractivity contribution in [2.45, 2.75) is 26.3 Å². The fourth-order valence-corrected chi connectivity index (χ4v) is 2.05. The lowest BCUT2D eigenvalue weighted by atomic mass is 10.1. The summed E-state index contributed by atoms with van der Waals surface area (Å²) < 4.78 is 0.915. The number of aromatic nitrogens is 1. The maximum Gasteiger partial charge on any atom is 0.134 e. The number of rotatable bonds is 1. The first-order valence-corrected chi connectivity index (χ1v) is 6.29. The third-order valence-electron chi connectivity index (χ3n) is 2.43. The molecule has 1 aromatic carbocycles. The van der Waals surface area contributed by atoms with Crippen molar-refractivity contribution in [1.82, 2.24) is 4.98 Å². The molecule has 4 heteroatoms. The zero-order valence-electron chi connectivity index (χ0n) is 10.2. The van der Waals surface area contributed by atoms with Crippen LogP contribution in [0.4, 0.5) is 11.5 Å². The Morgan fingerprint density at radius 1 is 1.18 bits per heavy atom. The van der Waals surface area contributed by atoms with Gasteiger partial charge in [-0.1, -0.05) is 0 Å². The summed E-state index contributed by atoms with van der Waals surface area (Å²) in [5, 5.41) is 5.45. The molecule has 0 aliphatic heterocycles.